The summed E-state index contributed by atoms with van der Waals surface area (Å²) in [4.78, 5) is 14.3. The predicted molar refractivity (Wildman–Crippen MR) is 74.8 cm³/mol. The van der Waals surface area contributed by atoms with Gasteiger partial charge in [0.2, 0.25) is 0 Å². The Hall–Kier alpha value is -1.39. The Morgan fingerprint density at radius 3 is 2.47 bits per heavy atom. The predicted octanol–water partition coefficient (Wildman–Crippen LogP) is 2.75. The standard InChI is InChI=1S/C14H17ClN2O2/c1-14(2)12(9-4-6-10(15)7-5-9)17(3)8-11(16-19)13(14)18/h4-7,12,19H,8H2,1-3H3. The highest BCUT2D eigenvalue weighted by Gasteiger charge is 2.46. The maximum atomic E-state index is 12.3. The number of halogens is 1. The summed E-state index contributed by atoms with van der Waals surface area (Å²) < 4.78 is 0. The molecule has 0 amide bonds. The molecule has 2 rings (SSSR count). The Balaban J connectivity index is 2.44. The van der Waals surface area contributed by atoms with Crippen molar-refractivity contribution >= 4 is 23.1 Å². The van der Waals surface area contributed by atoms with Crippen molar-refractivity contribution in [2.45, 2.75) is 19.9 Å². The molecule has 1 N–H and O–H groups in total. The molecule has 0 saturated carbocycles. The van der Waals surface area contributed by atoms with Gasteiger partial charge in [0.05, 0.1) is 0 Å². The highest BCUT2D eigenvalue weighted by atomic mass is 35.5. The van der Waals surface area contributed by atoms with Crippen LogP contribution in [-0.2, 0) is 4.79 Å². The average molecular weight is 281 g/mol. The lowest BCUT2D eigenvalue weighted by Gasteiger charge is -2.43. The average Bonchev–Trinajstić information content (AvgIpc) is 2.36. The molecule has 19 heavy (non-hydrogen) atoms. The number of benzene rings is 1. The molecule has 5 heteroatoms. The van der Waals surface area contributed by atoms with Crippen molar-refractivity contribution in [2.75, 3.05) is 13.6 Å². The second kappa shape index (κ2) is 4.94. The number of piperidine rings is 1. The Morgan fingerprint density at radius 1 is 1.37 bits per heavy atom. The molecule has 1 aliphatic heterocycles. The Morgan fingerprint density at radius 2 is 1.95 bits per heavy atom. The fourth-order valence-corrected chi connectivity index (χ4v) is 2.97. The number of Topliss-reactive ketones (excluding diaryl/α,β-unsaturated/α-hetero) is 1. The van der Waals surface area contributed by atoms with E-state index in [1.165, 1.54) is 0 Å². The molecule has 1 unspecified atom stereocenters. The number of oxime groups is 1. The minimum atomic E-state index is -0.650. The van der Waals surface area contributed by atoms with E-state index in [9.17, 15) is 4.79 Å². The number of hydrogen-bond donors (Lipinski definition) is 1. The van der Waals surface area contributed by atoms with Gasteiger partial charge < -0.3 is 5.21 Å². The van der Waals surface area contributed by atoms with E-state index in [1.54, 1.807) is 0 Å². The van der Waals surface area contributed by atoms with E-state index in [0.29, 0.717) is 11.6 Å². The number of carbonyl (C=O) groups is 1. The van der Waals surface area contributed by atoms with Crippen molar-refractivity contribution in [1.29, 1.82) is 0 Å². The molecule has 1 aliphatic rings. The molecule has 1 saturated heterocycles. The summed E-state index contributed by atoms with van der Waals surface area (Å²) in [6.45, 7) is 4.08. The Labute approximate surface area is 117 Å². The molecule has 102 valence electrons. The summed E-state index contributed by atoms with van der Waals surface area (Å²) >= 11 is 5.90. The van der Waals surface area contributed by atoms with Crippen LogP contribution in [0.25, 0.3) is 0 Å². The van der Waals surface area contributed by atoms with Crippen LogP contribution < -0.4 is 0 Å². The number of rotatable bonds is 1. The molecule has 1 aromatic carbocycles. The van der Waals surface area contributed by atoms with Crippen LogP contribution in [0.1, 0.15) is 25.5 Å². The molecule has 1 heterocycles. The maximum absolute atomic E-state index is 12.3. The van der Waals surface area contributed by atoms with Crippen molar-refractivity contribution in [3.05, 3.63) is 34.9 Å². The van der Waals surface area contributed by atoms with E-state index in [2.05, 4.69) is 5.16 Å². The number of hydrogen-bond acceptors (Lipinski definition) is 4. The van der Waals surface area contributed by atoms with Crippen LogP contribution in [0.5, 0.6) is 0 Å². The summed E-state index contributed by atoms with van der Waals surface area (Å²) in [7, 11) is 1.92. The minimum absolute atomic E-state index is 0.0669. The van der Waals surface area contributed by atoms with Gasteiger partial charge in [0, 0.05) is 23.0 Å². The van der Waals surface area contributed by atoms with Gasteiger partial charge in [-0.3, -0.25) is 9.69 Å². The first-order valence-corrected chi connectivity index (χ1v) is 6.47. The summed E-state index contributed by atoms with van der Waals surface area (Å²) in [5.41, 5.74) is 0.586. The van der Waals surface area contributed by atoms with E-state index in [1.807, 2.05) is 50.1 Å². The summed E-state index contributed by atoms with van der Waals surface area (Å²) in [6, 6.07) is 7.43. The first-order chi connectivity index (χ1) is 8.87. The van der Waals surface area contributed by atoms with Crippen LogP contribution in [0.15, 0.2) is 29.4 Å². The first-order valence-electron chi connectivity index (χ1n) is 6.09. The molecule has 0 radical (unpaired) electrons. The molecule has 1 aromatic rings. The van der Waals surface area contributed by atoms with Gasteiger partial charge in [-0.2, -0.15) is 0 Å². The van der Waals surface area contributed by atoms with E-state index in [-0.39, 0.29) is 17.5 Å². The van der Waals surface area contributed by atoms with Crippen LogP contribution in [0.3, 0.4) is 0 Å². The van der Waals surface area contributed by atoms with Crippen LogP contribution in [0.4, 0.5) is 0 Å². The number of carbonyl (C=O) groups excluding carboxylic acids is 1. The monoisotopic (exact) mass is 280 g/mol. The minimum Gasteiger partial charge on any atom is -0.411 e. The number of ketones is 1. The van der Waals surface area contributed by atoms with Gasteiger partial charge >= 0.3 is 0 Å². The lowest BCUT2D eigenvalue weighted by atomic mass is 9.72. The zero-order valence-corrected chi connectivity index (χ0v) is 12.0. The van der Waals surface area contributed by atoms with Crippen LogP contribution >= 0.6 is 11.6 Å². The fraction of sp³-hybridized carbons (Fsp3) is 0.429. The fourth-order valence-electron chi connectivity index (χ4n) is 2.84. The molecule has 4 nitrogen and oxygen atoms in total. The SMILES string of the molecule is CN1CC(=NO)C(=O)C(C)(C)C1c1ccc(Cl)cc1. The third-order valence-corrected chi connectivity index (χ3v) is 3.93. The Bertz CT molecular complexity index is 523. The van der Waals surface area contributed by atoms with Crippen molar-refractivity contribution in [3.8, 4) is 0 Å². The second-order valence-electron chi connectivity index (χ2n) is 5.47. The van der Waals surface area contributed by atoms with Gasteiger partial charge in [-0.1, -0.05) is 42.7 Å². The van der Waals surface area contributed by atoms with Gasteiger partial charge in [-0.05, 0) is 24.7 Å². The van der Waals surface area contributed by atoms with Crippen LogP contribution in [0, 0.1) is 5.41 Å². The van der Waals surface area contributed by atoms with E-state index < -0.39 is 5.41 Å². The van der Waals surface area contributed by atoms with E-state index in [4.69, 9.17) is 16.8 Å². The Kier molecular flexibility index (Phi) is 3.65. The second-order valence-corrected chi connectivity index (χ2v) is 5.90. The lowest BCUT2D eigenvalue weighted by molar-refractivity contribution is -0.126. The van der Waals surface area contributed by atoms with Gasteiger partial charge in [0.15, 0.2) is 5.78 Å². The van der Waals surface area contributed by atoms with Gasteiger partial charge in [0.25, 0.3) is 0 Å². The highest BCUT2D eigenvalue weighted by Crippen LogP contribution is 2.41. The molecule has 0 aromatic heterocycles. The molecule has 0 spiro atoms. The third-order valence-electron chi connectivity index (χ3n) is 3.68. The van der Waals surface area contributed by atoms with Crippen LogP contribution in [0.2, 0.25) is 5.02 Å². The summed E-state index contributed by atoms with van der Waals surface area (Å²) in [5, 5.41) is 12.7. The van der Waals surface area contributed by atoms with Gasteiger partial charge in [0.1, 0.15) is 5.71 Å². The highest BCUT2D eigenvalue weighted by molar-refractivity contribution is 6.43. The molecular formula is C14H17ClN2O2. The van der Waals surface area contributed by atoms with Gasteiger partial charge in [-0.15, -0.1) is 0 Å². The van der Waals surface area contributed by atoms with E-state index >= 15 is 0 Å². The number of likely N-dealkylation sites (tertiary alicyclic amines) is 1. The molecular weight excluding hydrogens is 264 g/mol. The largest absolute Gasteiger partial charge is 0.411 e. The third kappa shape index (κ3) is 2.38. The van der Waals surface area contributed by atoms with Crippen LogP contribution in [-0.4, -0.2) is 35.2 Å². The topological polar surface area (TPSA) is 52.9 Å². The van der Waals surface area contributed by atoms with Crippen molar-refractivity contribution in [1.82, 2.24) is 4.90 Å². The molecule has 0 aliphatic carbocycles. The number of nitrogens with zero attached hydrogens (tertiary/aromatic N) is 2. The maximum Gasteiger partial charge on any atom is 0.189 e. The van der Waals surface area contributed by atoms with Gasteiger partial charge in [-0.25, -0.2) is 0 Å². The quantitative estimate of drug-likeness (QED) is 0.636. The molecule has 1 atom stereocenters. The summed E-state index contributed by atoms with van der Waals surface area (Å²) in [6.07, 6.45) is 0. The molecule has 0 bridgehead atoms. The zero-order chi connectivity index (χ0) is 14.2. The summed E-state index contributed by atoms with van der Waals surface area (Å²) in [5.74, 6) is -0.118. The normalized spacial score (nSPS) is 25.8. The van der Waals surface area contributed by atoms with Crippen molar-refractivity contribution in [2.24, 2.45) is 10.6 Å². The zero-order valence-electron chi connectivity index (χ0n) is 11.2. The first kappa shape index (κ1) is 14.0. The smallest absolute Gasteiger partial charge is 0.189 e. The van der Waals surface area contributed by atoms with Crippen molar-refractivity contribution < 1.29 is 10.0 Å². The molecule has 1 fully saturated rings. The lowest BCUT2D eigenvalue weighted by Crippen LogP contribution is -2.52. The van der Waals surface area contributed by atoms with E-state index in [0.717, 1.165) is 5.56 Å². The van der Waals surface area contributed by atoms with Crippen molar-refractivity contribution in [3.63, 3.8) is 0 Å².